The van der Waals surface area contributed by atoms with E-state index in [1.54, 1.807) is 11.3 Å². The predicted octanol–water partition coefficient (Wildman–Crippen LogP) is 3.12. The van der Waals surface area contributed by atoms with Crippen LogP contribution in [0, 0.1) is 0 Å². The van der Waals surface area contributed by atoms with Crippen LogP contribution in [0.1, 0.15) is 29.9 Å². The number of fused-ring (bicyclic) bond motifs is 1. The predicted molar refractivity (Wildman–Crippen MR) is 87.6 cm³/mol. The number of hydrogen-bond acceptors (Lipinski definition) is 5. The van der Waals surface area contributed by atoms with Crippen molar-refractivity contribution in [3.8, 4) is 11.5 Å². The van der Waals surface area contributed by atoms with Crippen LogP contribution in [0.2, 0.25) is 0 Å². The van der Waals surface area contributed by atoms with Crippen LogP contribution in [0.5, 0.6) is 11.5 Å². The highest BCUT2D eigenvalue weighted by atomic mass is 32.1. The summed E-state index contributed by atoms with van der Waals surface area (Å²) in [5.41, 5.74) is 1.15. The average Bonchev–Trinajstić information content (AvgIpc) is 3.07. The van der Waals surface area contributed by atoms with Gasteiger partial charge in [0.05, 0.1) is 6.10 Å². The lowest BCUT2D eigenvalue weighted by atomic mass is 10.1. The highest BCUT2D eigenvalue weighted by molar-refractivity contribution is 7.10. The summed E-state index contributed by atoms with van der Waals surface area (Å²) in [6.45, 7) is 4.05. The summed E-state index contributed by atoms with van der Waals surface area (Å²) in [4.78, 5) is 1.02. The van der Waals surface area contributed by atoms with Gasteiger partial charge in [0.2, 0.25) is 0 Å². The molecule has 1 aromatic heterocycles. The fourth-order valence-electron chi connectivity index (χ4n) is 2.51. The summed E-state index contributed by atoms with van der Waals surface area (Å²) in [5.74, 6) is 1.63. The fourth-order valence-corrected chi connectivity index (χ4v) is 3.23. The second kappa shape index (κ2) is 7.13. The molecule has 2 aromatic rings. The van der Waals surface area contributed by atoms with Crippen LogP contribution < -0.4 is 14.8 Å². The van der Waals surface area contributed by atoms with Crippen molar-refractivity contribution in [2.75, 3.05) is 13.2 Å². The van der Waals surface area contributed by atoms with Crippen molar-refractivity contribution in [2.45, 2.75) is 32.0 Å². The van der Waals surface area contributed by atoms with Gasteiger partial charge in [-0.1, -0.05) is 12.1 Å². The van der Waals surface area contributed by atoms with Gasteiger partial charge in [-0.05, 0) is 42.5 Å². The van der Waals surface area contributed by atoms with Gasteiger partial charge in [0.25, 0.3) is 0 Å². The molecule has 0 aliphatic carbocycles. The number of aliphatic hydroxyl groups excluding tert-OH is 1. The van der Waals surface area contributed by atoms with E-state index >= 15 is 0 Å². The molecule has 5 heteroatoms. The molecule has 22 heavy (non-hydrogen) atoms. The van der Waals surface area contributed by atoms with Crippen LogP contribution in [-0.2, 0) is 6.54 Å². The number of ether oxygens (including phenoxy) is 2. The standard InChI is InChI=1S/C17H21NO3S/c1-12(9-14(19)17-3-2-8-22-17)18-11-13-4-5-15-16(10-13)21-7-6-20-15/h2-5,8,10,12,14,18-19H,6-7,9,11H2,1H3/t12-,14-/m0/s1. The zero-order chi connectivity index (χ0) is 15.4. The van der Waals surface area contributed by atoms with E-state index in [1.807, 2.05) is 35.7 Å². The normalized spacial score (nSPS) is 16.3. The molecule has 0 amide bonds. The van der Waals surface area contributed by atoms with Crippen LogP contribution in [0.4, 0.5) is 0 Å². The minimum absolute atomic E-state index is 0.227. The number of nitrogens with one attached hydrogen (secondary N) is 1. The molecule has 0 bridgehead atoms. The minimum Gasteiger partial charge on any atom is -0.486 e. The van der Waals surface area contributed by atoms with Gasteiger partial charge in [0.1, 0.15) is 13.2 Å². The molecule has 2 heterocycles. The summed E-state index contributed by atoms with van der Waals surface area (Å²) in [5, 5.41) is 15.6. The molecule has 118 valence electrons. The Morgan fingerprint density at radius 2 is 2.05 bits per heavy atom. The molecule has 0 saturated carbocycles. The van der Waals surface area contributed by atoms with Gasteiger partial charge < -0.3 is 19.9 Å². The van der Waals surface area contributed by atoms with E-state index in [1.165, 1.54) is 0 Å². The average molecular weight is 319 g/mol. The van der Waals surface area contributed by atoms with E-state index in [0.717, 1.165) is 28.5 Å². The van der Waals surface area contributed by atoms with Crippen LogP contribution >= 0.6 is 11.3 Å². The van der Waals surface area contributed by atoms with Gasteiger partial charge in [-0.25, -0.2) is 0 Å². The van der Waals surface area contributed by atoms with E-state index in [0.29, 0.717) is 19.6 Å². The van der Waals surface area contributed by atoms with Crippen molar-refractivity contribution in [3.63, 3.8) is 0 Å². The first-order valence-corrected chi connectivity index (χ1v) is 8.43. The topological polar surface area (TPSA) is 50.7 Å². The number of aliphatic hydroxyl groups is 1. The SMILES string of the molecule is C[C@@H](C[C@H](O)c1cccs1)NCc1ccc2c(c1)OCCO2. The van der Waals surface area contributed by atoms with Crippen LogP contribution in [0.25, 0.3) is 0 Å². The number of rotatable bonds is 6. The molecular weight excluding hydrogens is 298 g/mol. The van der Waals surface area contributed by atoms with Crippen LogP contribution in [0.15, 0.2) is 35.7 Å². The molecule has 1 aliphatic rings. The minimum atomic E-state index is -0.400. The summed E-state index contributed by atoms with van der Waals surface area (Å²) in [6.07, 6.45) is 0.299. The molecule has 2 atom stereocenters. The van der Waals surface area contributed by atoms with Crippen molar-refractivity contribution >= 4 is 11.3 Å². The first-order chi connectivity index (χ1) is 10.7. The van der Waals surface area contributed by atoms with E-state index in [4.69, 9.17) is 9.47 Å². The smallest absolute Gasteiger partial charge is 0.161 e. The Morgan fingerprint density at radius 1 is 1.23 bits per heavy atom. The van der Waals surface area contributed by atoms with Crippen molar-refractivity contribution in [2.24, 2.45) is 0 Å². The maximum absolute atomic E-state index is 10.2. The van der Waals surface area contributed by atoms with E-state index in [2.05, 4.69) is 12.2 Å². The van der Waals surface area contributed by atoms with Crippen molar-refractivity contribution in [3.05, 3.63) is 46.2 Å². The molecule has 1 aliphatic heterocycles. The maximum atomic E-state index is 10.2. The summed E-state index contributed by atoms with van der Waals surface area (Å²) >= 11 is 1.59. The third-order valence-corrected chi connectivity index (χ3v) is 4.68. The van der Waals surface area contributed by atoms with E-state index < -0.39 is 6.10 Å². The Balaban J connectivity index is 1.51. The van der Waals surface area contributed by atoms with E-state index in [9.17, 15) is 5.11 Å². The molecule has 2 N–H and O–H groups in total. The maximum Gasteiger partial charge on any atom is 0.161 e. The summed E-state index contributed by atoms with van der Waals surface area (Å²) < 4.78 is 11.1. The molecule has 3 rings (SSSR count). The molecule has 0 spiro atoms. The van der Waals surface area contributed by atoms with Gasteiger partial charge in [-0.15, -0.1) is 11.3 Å². The molecule has 4 nitrogen and oxygen atoms in total. The first-order valence-electron chi connectivity index (χ1n) is 7.56. The van der Waals surface area contributed by atoms with Gasteiger partial charge in [0.15, 0.2) is 11.5 Å². The zero-order valence-corrected chi connectivity index (χ0v) is 13.4. The van der Waals surface area contributed by atoms with Gasteiger partial charge in [-0.2, -0.15) is 0 Å². The lowest BCUT2D eigenvalue weighted by Gasteiger charge is -2.20. The summed E-state index contributed by atoms with van der Waals surface area (Å²) in [7, 11) is 0. The molecule has 0 fully saturated rings. The van der Waals surface area contributed by atoms with Gasteiger partial charge >= 0.3 is 0 Å². The van der Waals surface area contributed by atoms with Crippen LogP contribution in [0.3, 0.4) is 0 Å². The Labute approximate surface area is 134 Å². The number of thiophene rings is 1. The van der Waals surface area contributed by atoms with E-state index in [-0.39, 0.29) is 6.04 Å². The lowest BCUT2D eigenvalue weighted by molar-refractivity contribution is 0.157. The largest absolute Gasteiger partial charge is 0.486 e. The third kappa shape index (κ3) is 3.80. The Kier molecular flexibility index (Phi) is 4.97. The van der Waals surface area contributed by atoms with Crippen LogP contribution in [-0.4, -0.2) is 24.4 Å². The van der Waals surface area contributed by atoms with Crippen molar-refractivity contribution < 1.29 is 14.6 Å². The second-order valence-corrected chi connectivity index (χ2v) is 6.51. The quantitative estimate of drug-likeness (QED) is 0.859. The Hall–Kier alpha value is -1.56. The second-order valence-electron chi connectivity index (χ2n) is 5.53. The number of hydrogen-bond donors (Lipinski definition) is 2. The van der Waals surface area contributed by atoms with Gasteiger partial charge in [0, 0.05) is 17.5 Å². The monoisotopic (exact) mass is 319 g/mol. The highest BCUT2D eigenvalue weighted by Gasteiger charge is 2.14. The lowest BCUT2D eigenvalue weighted by Crippen LogP contribution is -2.27. The highest BCUT2D eigenvalue weighted by Crippen LogP contribution is 2.30. The Morgan fingerprint density at radius 3 is 2.82 bits per heavy atom. The first kappa shape index (κ1) is 15.3. The zero-order valence-electron chi connectivity index (χ0n) is 12.6. The Bertz CT molecular complexity index is 600. The van der Waals surface area contributed by atoms with Crippen molar-refractivity contribution in [1.29, 1.82) is 0 Å². The van der Waals surface area contributed by atoms with Crippen molar-refractivity contribution in [1.82, 2.24) is 5.32 Å². The molecule has 0 radical (unpaired) electrons. The molecule has 1 aromatic carbocycles. The molecular formula is C17H21NO3S. The fraction of sp³-hybridized carbons (Fsp3) is 0.412. The summed E-state index contributed by atoms with van der Waals surface area (Å²) in [6, 6.07) is 10.2. The molecule has 0 saturated heterocycles. The third-order valence-electron chi connectivity index (χ3n) is 3.71. The molecule has 0 unspecified atom stereocenters. The number of benzene rings is 1. The van der Waals surface area contributed by atoms with Gasteiger partial charge in [-0.3, -0.25) is 0 Å².